The lowest BCUT2D eigenvalue weighted by Crippen LogP contribution is -2.39. The van der Waals surface area contributed by atoms with Crippen molar-refractivity contribution >= 4 is 5.95 Å². The lowest BCUT2D eigenvalue weighted by atomic mass is 10.0. The van der Waals surface area contributed by atoms with E-state index in [1.165, 1.54) is 12.0 Å². The average molecular weight is 356 g/mol. The van der Waals surface area contributed by atoms with Crippen molar-refractivity contribution < 1.29 is 0 Å². The summed E-state index contributed by atoms with van der Waals surface area (Å²) >= 11 is 0. The standard InChI is InChI=1S/C19H28N6O/c1-13-5-4-7-25(9-13)19-20-17-12-24(8-6-16(17)18(26)21-19)11-15-10-23(3)22-14(15)2/h10,13H,4-9,11-12H2,1-3H3,(H,20,21,26)/t13-/m0/s1. The summed E-state index contributed by atoms with van der Waals surface area (Å²) in [6.07, 6.45) is 5.25. The number of hydrogen-bond acceptors (Lipinski definition) is 5. The van der Waals surface area contributed by atoms with E-state index in [1.807, 2.05) is 18.7 Å². The second-order valence-corrected chi connectivity index (χ2v) is 7.88. The molecular formula is C19H28N6O. The van der Waals surface area contributed by atoms with Gasteiger partial charge in [-0.15, -0.1) is 0 Å². The highest BCUT2D eigenvalue weighted by atomic mass is 16.1. The lowest BCUT2D eigenvalue weighted by molar-refractivity contribution is 0.240. The van der Waals surface area contributed by atoms with E-state index in [2.05, 4.69) is 33.0 Å². The summed E-state index contributed by atoms with van der Waals surface area (Å²) in [5, 5.41) is 4.43. The predicted octanol–water partition coefficient (Wildman–Crippen LogP) is 1.61. The number of nitrogens with zero attached hydrogens (tertiary/aromatic N) is 5. The molecule has 4 heterocycles. The number of fused-ring (bicyclic) bond motifs is 1. The molecule has 2 aromatic heterocycles. The SMILES string of the molecule is Cc1nn(C)cc1CN1CCc2c(nc(N3CCC[C@H](C)C3)[nH]c2=O)C1. The molecule has 0 spiro atoms. The van der Waals surface area contributed by atoms with Gasteiger partial charge >= 0.3 is 0 Å². The summed E-state index contributed by atoms with van der Waals surface area (Å²) in [6.45, 7) is 8.72. The maximum atomic E-state index is 12.6. The molecule has 1 fully saturated rings. The van der Waals surface area contributed by atoms with E-state index >= 15 is 0 Å². The highest BCUT2D eigenvalue weighted by molar-refractivity contribution is 5.35. The number of H-pyrrole nitrogens is 1. The highest BCUT2D eigenvalue weighted by Gasteiger charge is 2.24. The summed E-state index contributed by atoms with van der Waals surface area (Å²) in [7, 11) is 1.95. The number of nitrogens with one attached hydrogen (secondary N) is 1. The minimum absolute atomic E-state index is 0.0421. The molecule has 0 aromatic carbocycles. The van der Waals surface area contributed by atoms with Crippen molar-refractivity contribution in [2.75, 3.05) is 24.5 Å². The molecule has 1 saturated heterocycles. The van der Waals surface area contributed by atoms with Crippen molar-refractivity contribution in [1.29, 1.82) is 0 Å². The third kappa shape index (κ3) is 3.40. The zero-order chi connectivity index (χ0) is 18.3. The highest BCUT2D eigenvalue weighted by Crippen LogP contribution is 2.22. The Morgan fingerprint density at radius 2 is 2.19 bits per heavy atom. The molecule has 0 aliphatic carbocycles. The molecule has 0 bridgehead atoms. The summed E-state index contributed by atoms with van der Waals surface area (Å²) in [4.78, 5) is 25.1. The van der Waals surface area contributed by atoms with Crippen molar-refractivity contribution in [3.63, 3.8) is 0 Å². The van der Waals surface area contributed by atoms with Gasteiger partial charge in [0.1, 0.15) is 0 Å². The minimum Gasteiger partial charge on any atom is -0.342 e. The lowest BCUT2D eigenvalue weighted by Gasteiger charge is -2.33. The van der Waals surface area contributed by atoms with E-state index in [9.17, 15) is 4.79 Å². The van der Waals surface area contributed by atoms with Crippen LogP contribution in [0.15, 0.2) is 11.0 Å². The summed E-state index contributed by atoms with van der Waals surface area (Å²) in [6, 6.07) is 0. The van der Waals surface area contributed by atoms with Crippen molar-refractivity contribution in [1.82, 2.24) is 24.6 Å². The smallest absolute Gasteiger partial charge is 0.255 e. The summed E-state index contributed by atoms with van der Waals surface area (Å²) < 4.78 is 1.86. The van der Waals surface area contributed by atoms with Gasteiger partial charge in [-0.05, 0) is 32.1 Å². The third-order valence-corrected chi connectivity index (χ3v) is 5.61. The van der Waals surface area contributed by atoms with Gasteiger partial charge in [-0.1, -0.05) is 6.92 Å². The molecule has 140 valence electrons. The fraction of sp³-hybridized carbons (Fsp3) is 0.632. The van der Waals surface area contributed by atoms with Crippen LogP contribution in [0.3, 0.4) is 0 Å². The van der Waals surface area contributed by atoms with Crippen LogP contribution in [0.1, 0.15) is 42.3 Å². The number of hydrogen-bond donors (Lipinski definition) is 1. The Balaban J connectivity index is 1.55. The molecule has 1 N–H and O–H groups in total. The zero-order valence-electron chi connectivity index (χ0n) is 16.0. The maximum Gasteiger partial charge on any atom is 0.255 e. The number of rotatable bonds is 3. The summed E-state index contributed by atoms with van der Waals surface area (Å²) in [5.41, 5.74) is 4.15. The van der Waals surface area contributed by atoms with Crippen molar-refractivity contribution in [3.8, 4) is 0 Å². The van der Waals surface area contributed by atoms with E-state index in [0.717, 1.165) is 68.5 Å². The van der Waals surface area contributed by atoms with Crippen molar-refractivity contribution in [2.24, 2.45) is 13.0 Å². The van der Waals surface area contributed by atoms with Crippen LogP contribution in [0.4, 0.5) is 5.95 Å². The molecule has 26 heavy (non-hydrogen) atoms. The van der Waals surface area contributed by atoms with Gasteiger partial charge in [-0.2, -0.15) is 5.10 Å². The Bertz CT molecular complexity index is 854. The molecule has 7 nitrogen and oxygen atoms in total. The van der Waals surface area contributed by atoms with Crippen molar-refractivity contribution in [2.45, 2.75) is 46.2 Å². The van der Waals surface area contributed by atoms with Gasteiger partial charge in [0.25, 0.3) is 5.56 Å². The Morgan fingerprint density at radius 3 is 2.92 bits per heavy atom. The van der Waals surface area contributed by atoms with Gasteiger partial charge in [0.05, 0.1) is 11.4 Å². The van der Waals surface area contributed by atoms with Gasteiger partial charge < -0.3 is 4.90 Å². The van der Waals surface area contributed by atoms with Crippen LogP contribution in [0.25, 0.3) is 0 Å². The van der Waals surface area contributed by atoms with Gasteiger partial charge in [0, 0.05) is 57.1 Å². The fourth-order valence-electron chi connectivity index (χ4n) is 4.19. The van der Waals surface area contributed by atoms with Gasteiger partial charge in [-0.25, -0.2) is 4.98 Å². The van der Waals surface area contributed by atoms with Crippen LogP contribution in [0.2, 0.25) is 0 Å². The summed E-state index contributed by atoms with van der Waals surface area (Å²) in [5.74, 6) is 1.40. The first-order valence-electron chi connectivity index (χ1n) is 9.58. The monoisotopic (exact) mass is 356 g/mol. The molecule has 0 unspecified atom stereocenters. The quantitative estimate of drug-likeness (QED) is 0.905. The average Bonchev–Trinajstić information content (AvgIpc) is 2.91. The molecule has 2 aliphatic heterocycles. The fourth-order valence-corrected chi connectivity index (χ4v) is 4.19. The Hall–Kier alpha value is -2.15. The van der Waals surface area contributed by atoms with Crippen LogP contribution < -0.4 is 10.5 Å². The number of aryl methyl sites for hydroxylation is 2. The molecule has 2 aromatic rings. The molecular weight excluding hydrogens is 328 g/mol. The first-order chi connectivity index (χ1) is 12.5. The second-order valence-electron chi connectivity index (χ2n) is 7.88. The molecule has 2 aliphatic rings. The van der Waals surface area contributed by atoms with E-state index in [-0.39, 0.29) is 5.56 Å². The topological polar surface area (TPSA) is 70.1 Å². The molecule has 4 rings (SSSR count). The maximum absolute atomic E-state index is 12.6. The van der Waals surface area contributed by atoms with Crippen LogP contribution >= 0.6 is 0 Å². The number of anilines is 1. The predicted molar refractivity (Wildman–Crippen MR) is 101 cm³/mol. The first-order valence-corrected chi connectivity index (χ1v) is 9.58. The Morgan fingerprint density at radius 1 is 1.35 bits per heavy atom. The Labute approximate surface area is 154 Å². The normalized spacial score (nSPS) is 21.0. The third-order valence-electron chi connectivity index (χ3n) is 5.61. The van der Waals surface area contributed by atoms with E-state index in [0.29, 0.717) is 5.92 Å². The molecule has 0 amide bonds. The molecule has 0 radical (unpaired) electrons. The van der Waals surface area contributed by atoms with Crippen LogP contribution in [-0.4, -0.2) is 44.3 Å². The van der Waals surface area contributed by atoms with E-state index in [4.69, 9.17) is 4.98 Å². The van der Waals surface area contributed by atoms with Crippen molar-refractivity contribution in [3.05, 3.63) is 39.1 Å². The van der Waals surface area contributed by atoms with Crippen LogP contribution in [0, 0.1) is 12.8 Å². The van der Waals surface area contributed by atoms with Gasteiger partial charge in [0.2, 0.25) is 5.95 Å². The number of piperidine rings is 1. The van der Waals surface area contributed by atoms with Crippen LogP contribution in [-0.2, 0) is 26.6 Å². The minimum atomic E-state index is 0.0421. The second kappa shape index (κ2) is 6.87. The largest absolute Gasteiger partial charge is 0.342 e. The first kappa shape index (κ1) is 17.3. The van der Waals surface area contributed by atoms with Crippen LogP contribution in [0.5, 0.6) is 0 Å². The number of aromatic amines is 1. The molecule has 0 saturated carbocycles. The van der Waals surface area contributed by atoms with E-state index in [1.54, 1.807) is 0 Å². The Kier molecular flexibility index (Phi) is 4.56. The zero-order valence-corrected chi connectivity index (χ0v) is 16.0. The van der Waals surface area contributed by atoms with Gasteiger partial charge in [0.15, 0.2) is 0 Å². The van der Waals surface area contributed by atoms with Gasteiger partial charge in [-0.3, -0.25) is 19.4 Å². The number of aromatic nitrogens is 4. The molecule has 1 atom stereocenters. The molecule has 7 heteroatoms. The van der Waals surface area contributed by atoms with E-state index < -0.39 is 0 Å².